The van der Waals surface area contributed by atoms with E-state index in [0.717, 1.165) is 35.5 Å². The molecule has 2 heterocycles. The number of carboxylic acid groups (broad SMARTS) is 1. The van der Waals surface area contributed by atoms with Crippen molar-refractivity contribution in [2.75, 3.05) is 6.61 Å². The Balaban J connectivity index is 1.92. The zero-order chi connectivity index (χ0) is 17.3. The van der Waals surface area contributed by atoms with Gasteiger partial charge in [0.25, 0.3) is 0 Å². The number of rotatable bonds is 3. The molecule has 2 aromatic rings. The van der Waals surface area contributed by atoms with Gasteiger partial charge < -0.3 is 9.84 Å². The average molecular weight is 323 g/mol. The molecule has 4 heteroatoms. The first kappa shape index (κ1) is 16.2. The monoisotopic (exact) mass is 323 g/mol. The minimum absolute atomic E-state index is 0.0532. The van der Waals surface area contributed by atoms with Crippen molar-refractivity contribution in [3.63, 3.8) is 0 Å². The Morgan fingerprint density at radius 3 is 2.75 bits per heavy atom. The van der Waals surface area contributed by atoms with E-state index in [2.05, 4.69) is 31.0 Å². The predicted molar refractivity (Wildman–Crippen MR) is 94.3 cm³/mol. The van der Waals surface area contributed by atoms with E-state index in [-0.39, 0.29) is 11.1 Å². The van der Waals surface area contributed by atoms with Crippen molar-refractivity contribution in [3.05, 3.63) is 58.9 Å². The van der Waals surface area contributed by atoms with Gasteiger partial charge in [-0.05, 0) is 59.7 Å². The summed E-state index contributed by atoms with van der Waals surface area (Å²) in [7, 11) is 0. The van der Waals surface area contributed by atoms with Crippen LogP contribution in [0.5, 0.6) is 5.75 Å². The van der Waals surface area contributed by atoms with Crippen LogP contribution in [0.1, 0.15) is 54.4 Å². The number of fused-ring (bicyclic) bond motifs is 1. The molecule has 4 nitrogen and oxygen atoms in total. The molecule has 24 heavy (non-hydrogen) atoms. The lowest BCUT2D eigenvalue weighted by Gasteiger charge is -2.32. The lowest BCUT2D eigenvalue weighted by Crippen LogP contribution is -2.26. The van der Waals surface area contributed by atoms with Gasteiger partial charge in [0.1, 0.15) is 11.4 Å². The zero-order valence-electron chi connectivity index (χ0n) is 14.2. The van der Waals surface area contributed by atoms with E-state index in [4.69, 9.17) is 9.84 Å². The number of hydrogen-bond donors (Lipinski definition) is 1. The first-order valence-corrected chi connectivity index (χ1v) is 8.02. The van der Waals surface area contributed by atoms with Crippen molar-refractivity contribution < 1.29 is 14.6 Å². The molecule has 1 aliphatic heterocycles. The highest BCUT2D eigenvalue weighted by molar-refractivity contribution is 5.86. The van der Waals surface area contributed by atoms with Crippen molar-refractivity contribution >= 4 is 17.6 Å². The number of hydrogen-bond acceptors (Lipinski definition) is 3. The summed E-state index contributed by atoms with van der Waals surface area (Å²) in [6, 6.07) is 9.58. The molecule has 0 saturated heterocycles. The summed E-state index contributed by atoms with van der Waals surface area (Å²) in [6.07, 6.45) is 4.60. The highest BCUT2D eigenvalue weighted by Crippen LogP contribution is 2.39. The minimum Gasteiger partial charge on any atom is -0.493 e. The summed E-state index contributed by atoms with van der Waals surface area (Å²) in [6.45, 7) is 7.29. The molecule has 3 rings (SSSR count). The number of aromatic nitrogens is 1. The highest BCUT2D eigenvalue weighted by atomic mass is 16.5. The fourth-order valence-corrected chi connectivity index (χ4v) is 2.93. The smallest absolute Gasteiger partial charge is 0.354 e. The molecule has 0 aliphatic carbocycles. The molecular formula is C20H21NO3. The number of aromatic carboxylic acids is 1. The Morgan fingerprint density at radius 1 is 1.29 bits per heavy atom. The number of pyridine rings is 1. The van der Waals surface area contributed by atoms with Crippen LogP contribution < -0.4 is 4.74 Å². The first-order valence-electron chi connectivity index (χ1n) is 8.02. The summed E-state index contributed by atoms with van der Waals surface area (Å²) in [5.41, 5.74) is 4.51. The van der Waals surface area contributed by atoms with Crippen LogP contribution in [0, 0.1) is 0 Å². The van der Waals surface area contributed by atoms with E-state index in [9.17, 15) is 4.79 Å². The Morgan fingerprint density at radius 2 is 2.08 bits per heavy atom. The molecule has 0 unspecified atom stereocenters. The third kappa shape index (κ3) is 3.18. The molecular weight excluding hydrogens is 302 g/mol. The van der Waals surface area contributed by atoms with Gasteiger partial charge in [-0.3, -0.25) is 0 Å². The molecule has 0 spiro atoms. The Bertz CT molecular complexity index is 804. The molecule has 1 aromatic heterocycles. The van der Waals surface area contributed by atoms with Crippen molar-refractivity contribution in [1.29, 1.82) is 0 Å². The van der Waals surface area contributed by atoms with Crippen LogP contribution in [-0.2, 0) is 5.41 Å². The van der Waals surface area contributed by atoms with E-state index in [0.29, 0.717) is 0 Å². The SMILES string of the molecule is CC(=Cc1ccc(C(=O)O)nc1)c1ccc2c(c1)C(C)(C)CCO2. The second-order valence-electron chi connectivity index (χ2n) is 6.80. The van der Waals surface area contributed by atoms with Gasteiger partial charge in [0.15, 0.2) is 0 Å². The van der Waals surface area contributed by atoms with Crippen molar-refractivity contribution in [3.8, 4) is 5.75 Å². The fraction of sp³-hybridized carbons (Fsp3) is 0.300. The van der Waals surface area contributed by atoms with Crippen LogP contribution in [0.3, 0.4) is 0 Å². The van der Waals surface area contributed by atoms with Gasteiger partial charge in [0.2, 0.25) is 0 Å². The number of carbonyl (C=O) groups is 1. The lowest BCUT2D eigenvalue weighted by atomic mass is 9.79. The van der Waals surface area contributed by atoms with E-state index in [1.54, 1.807) is 12.3 Å². The quantitative estimate of drug-likeness (QED) is 0.909. The van der Waals surface area contributed by atoms with Crippen LogP contribution in [0.4, 0.5) is 0 Å². The Hall–Kier alpha value is -2.62. The molecule has 0 bridgehead atoms. The maximum Gasteiger partial charge on any atom is 0.354 e. The van der Waals surface area contributed by atoms with Gasteiger partial charge in [-0.25, -0.2) is 9.78 Å². The van der Waals surface area contributed by atoms with E-state index in [1.807, 2.05) is 19.1 Å². The second-order valence-corrected chi connectivity index (χ2v) is 6.80. The molecule has 1 aliphatic rings. The topological polar surface area (TPSA) is 59.4 Å². The second kappa shape index (κ2) is 6.11. The number of carboxylic acids is 1. The van der Waals surface area contributed by atoms with Crippen LogP contribution >= 0.6 is 0 Å². The molecule has 0 saturated carbocycles. The molecule has 1 aromatic carbocycles. The summed E-state index contributed by atoms with van der Waals surface area (Å²) in [5.74, 6) is -0.0468. The van der Waals surface area contributed by atoms with Crippen LogP contribution in [0.25, 0.3) is 11.6 Å². The Labute approximate surface area is 141 Å². The van der Waals surface area contributed by atoms with Crippen LogP contribution in [0.2, 0.25) is 0 Å². The average Bonchev–Trinajstić information content (AvgIpc) is 2.55. The number of benzene rings is 1. The molecule has 124 valence electrons. The molecule has 0 amide bonds. The zero-order valence-corrected chi connectivity index (χ0v) is 14.2. The third-order valence-electron chi connectivity index (χ3n) is 4.54. The van der Waals surface area contributed by atoms with Crippen LogP contribution in [0.15, 0.2) is 36.5 Å². The standard InChI is InChI=1S/C20H21NO3/c1-13(10-14-4-6-17(19(22)23)21-12-14)15-5-7-18-16(11-15)20(2,3)8-9-24-18/h4-7,10-12H,8-9H2,1-3H3,(H,22,23). The Kier molecular flexibility index (Phi) is 4.14. The number of allylic oxidation sites excluding steroid dienone is 1. The van der Waals surface area contributed by atoms with Crippen molar-refractivity contribution in [1.82, 2.24) is 4.98 Å². The maximum atomic E-state index is 10.9. The van der Waals surface area contributed by atoms with E-state index >= 15 is 0 Å². The van der Waals surface area contributed by atoms with Crippen LogP contribution in [-0.4, -0.2) is 22.7 Å². The minimum atomic E-state index is -1.01. The van der Waals surface area contributed by atoms with Gasteiger partial charge in [-0.15, -0.1) is 0 Å². The van der Waals surface area contributed by atoms with Gasteiger partial charge in [0, 0.05) is 11.8 Å². The number of nitrogens with zero attached hydrogens (tertiary/aromatic N) is 1. The molecule has 0 fully saturated rings. The maximum absolute atomic E-state index is 10.9. The predicted octanol–water partition coefficient (Wildman–Crippen LogP) is 4.40. The van der Waals surface area contributed by atoms with E-state index < -0.39 is 5.97 Å². The summed E-state index contributed by atoms with van der Waals surface area (Å²) >= 11 is 0. The lowest BCUT2D eigenvalue weighted by molar-refractivity contribution is 0.0690. The highest BCUT2D eigenvalue weighted by Gasteiger charge is 2.28. The normalized spacial score (nSPS) is 16.2. The summed E-state index contributed by atoms with van der Waals surface area (Å²) in [4.78, 5) is 14.8. The van der Waals surface area contributed by atoms with Gasteiger partial charge >= 0.3 is 5.97 Å². The molecule has 0 radical (unpaired) electrons. The summed E-state index contributed by atoms with van der Waals surface area (Å²) in [5, 5.41) is 8.91. The molecule has 1 N–H and O–H groups in total. The van der Waals surface area contributed by atoms with E-state index in [1.165, 1.54) is 11.6 Å². The first-order chi connectivity index (χ1) is 11.4. The largest absolute Gasteiger partial charge is 0.493 e. The van der Waals surface area contributed by atoms with Gasteiger partial charge in [0.05, 0.1) is 6.61 Å². The van der Waals surface area contributed by atoms with Crippen molar-refractivity contribution in [2.45, 2.75) is 32.6 Å². The van der Waals surface area contributed by atoms with Crippen molar-refractivity contribution in [2.24, 2.45) is 0 Å². The third-order valence-corrected chi connectivity index (χ3v) is 4.54. The molecule has 0 atom stereocenters. The van der Waals surface area contributed by atoms with Gasteiger partial charge in [-0.2, -0.15) is 0 Å². The number of ether oxygens (including phenoxy) is 1. The van der Waals surface area contributed by atoms with Gasteiger partial charge in [-0.1, -0.05) is 26.0 Å². The summed E-state index contributed by atoms with van der Waals surface area (Å²) < 4.78 is 5.76. The fourth-order valence-electron chi connectivity index (χ4n) is 2.93.